The predicted octanol–water partition coefficient (Wildman–Crippen LogP) is 0.554. The highest BCUT2D eigenvalue weighted by atomic mass is 32.2. The molecule has 0 aromatic heterocycles. The number of carbonyl (C=O) groups is 1. The van der Waals surface area contributed by atoms with Crippen LogP contribution in [0.4, 0.5) is 0 Å². The highest BCUT2D eigenvalue weighted by Gasteiger charge is 2.34. The molecule has 1 aromatic carbocycles. The molecule has 2 rings (SSSR count). The summed E-state index contributed by atoms with van der Waals surface area (Å²) in [5, 5.41) is 2.77. The van der Waals surface area contributed by atoms with Crippen LogP contribution >= 0.6 is 0 Å². The molecule has 0 aliphatic carbocycles. The maximum atomic E-state index is 12.3. The molecule has 20 heavy (non-hydrogen) atoms. The molecule has 110 valence electrons. The molecular formula is C14H20N2O3S. The van der Waals surface area contributed by atoms with Gasteiger partial charge in [-0.05, 0) is 25.3 Å². The fraction of sp³-hybridized carbons (Fsp3) is 0.500. The minimum Gasteiger partial charge on any atom is -0.350 e. The molecule has 1 aliphatic rings. The fourth-order valence-electron chi connectivity index (χ4n) is 2.39. The van der Waals surface area contributed by atoms with Crippen molar-refractivity contribution in [3.05, 3.63) is 35.9 Å². The Kier molecular flexibility index (Phi) is 4.15. The monoisotopic (exact) mass is 296 g/mol. The van der Waals surface area contributed by atoms with Crippen molar-refractivity contribution in [1.29, 1.82) is 0 Å². The number of amides is 1. The van der Waals surface area contributed by atoms with E-state index in [9.17, 15) is 13.2 Å². The molecule has 1 aromatic rings. The van der Waals surface area contributed by atoms with Crippen LogP contribution in [0.2, 0.25) is 0 Å². The van der Waals surface area contributed by atoms with Gasteiger partial charge in [-0.3, -0.25) is 4.79 Å². The van der Waals surface area contributed by atoms with E-state index in [0.717, 1.165) is 0 Å². The van der Waals surface area contributed by atoms with Gasteiger partial charge in [0, 0.05) is 6.04 Å². The lowest BCUT2D eigenvalue weighted by Crippen LogP contribution is -2.54. The number of benzene rings is 1. The van der Waals surface area contributed by atoms with Gasteiger partial charge >= 0.3 is 0 Å². The fourth-order valence-corrected chi connectivity index (χ4v) is 4.02. The summed E-state index contributed by atoms with van der Waals surface area (Å²) in [6.07, 6.45) is 1.26. The molecule has 0 saturated carbocycles. The first-order valence-electron chi connectivity index (χ1n) is 6.67. The van der Waals surface area contributed by atoms with Crippen molar-refractivity contribution in [2.75, 3.05) is 11.5 Å². The van der Waals surface area contributed by atoms with Gasteiger partial charge in [0.05, 0.1) is 11.5 Å². The minimum atomic E-state index is -3.04. The van der Waals surface area contributed by atoms with Gasteiger partial charge in [0.25, 0.3) is 0 Å². The van der Waals surface area contributed by atoms with Crippen molar-refractivity contribution in [3.8, 4) is 0 Å². The van der Waals surface area contributed by atoms with Gasteiger partial charge in [0.2, 0.25) is 5.91 Å². The van der Waals surface area contributed by atoms with Gasteiger partial charge in [-0.25, -0.2) is 8.42 Å². The summed E-state index contributed by atoms with van der Waals surface area (Å²) in [6, 6.07) is 8.73. The summed E-state index contributed by atoms with van der Waals surface area (Å²) in [7, 11) is -3.04. The van der Waals surface area contributed by atoms with Crippen LogP contribution in [0.3, 0.4) is 0 Å². The number of rotatable bonds is 3. The van der Waals surface area contributed by atoms with Crippen molar-refractivity contribution in [2.24, 2.45) is 5.73 Å². The Morgan fingerprint density at radius 2 is 2.00 bits per heavy atom. The minimum absolute atomic E-state index is 0.00358. The lowest BCUT2D eigenvalue weighted by molar-refractivity contribution is -0.126. The summed E-state index contributed by atoms with van der Waals surface area (Å²) in [4.78, 5) is 12.3. The summed E-state index contributed by atoms with van der Waals surface area (Å²) >= 11 is 0. The summed E-state index contributed by atoms with van der Waals surface area (Å²) < 4.78 is 23.2. The van der Waals surface area contributed by atoms with E-state index in [0.29, 0.717) is 18.4 Å². The topological polar surface area (TPSA) is 89.3 Å². The number of hydrogen-bond acceptors (Lipinski definition) is 4. The Balaban J connectivity index is 2.08. The van der Waals surface area contributed by atoms with Crippen molar-refractivity contribution in [1.82, 2.24) is 5.32 Å². The molecule has 2 atom stereocenters. The van der Waals surface area contributed by atoms with Crippen LogP contribution in [0.5, 0.6) is 0 Å². The first-order valence-corrected chi connectivity index (χ1v) is 8.49. The van der Waals surface area contributed by atoms with E-state index >= 15 is 0 Å². The maximum absolute atomic E-state index is 12.3. The number of nitrogens with one attached hydrogen (secondary N) is 1. The molecule has 0 spiro atoms. The Hall–Kier alpha value is -1.40. The van der Waals surface area contributed by atoms with E-state index in [2.05, 4.69) is 5.32 Å². The normalized spacial score (nSPS) is 24.6. The third-order valence-corrected chi connectivity index (χ3v) is 5.46. The van der Waals surface area contributed by atoms with E-state index in [1.165, 1.54) is 0 Å². The average molecular weight is 296 g/mol. The maximum Gasteiger partial charge on any atom is 0.244 e. The summed E-state index contributed by atoms with van der Waals surface area (Å²) in [5.74, 6) is -0.132. The lowest BCUT2D eigenvalue weighted by atomic mass is 9.92. The molecule has 1 aliphatic heterocycles. The quantitative estimate of drug-likeness (QED) is 0.852. The van der Waals surface area contributed by atoms with Crippen LogP contribution in [-0.4, -0.2) is 31.9 Å². The lowest BCUT2D eigenvalue weighted by Gasteiger charge is -2.29. The van der Waals surface area contributed by atoms with Gasteiger partial charge < -0.3 is 11.1 Å². The van der Waals surface area contributed by atoms with Crippen LogP contribution < -0.4 is 11.1 Å². The van der Waals surface area contributed by atoms with Crippen molar-refractivity contribution in [2.45, 2.75) is 31.3 Å². The second-order valence-corrected chi connectivity index (χ2v) is 7.72. The molecule has 6 heteroatoms. The summed E-state index contributed by atoms with van der Waals surface area (Å²) in [6.45, 7) is 1.63. The third kappa shape index (κ3) is 3.37. The number of carbonyl (C=O) groups excluding carboxylic acids is 1. The van der Waals surface area contributed by atoms with Crippen molar-refractivity contribution in [3.63, 3.8) is 0 Å². The smallest absolute Gasteiger partial charge is 0.244 e. The van der Waals surface area contributed by atoms with Gasteiger partial charge in [-0.2, -0.15) is 0 Å². The zero-order chi connectivity index (χ0) is 14.8. The number of sulfone groups is 1. The first kappa shape index (κ1) is 15.0. The Bertz CT molecular complexity index is 582. The average Bonchev–Trinajstić information content (AvgIpc) is 2.38. The van der Waals surface area contributed by atoms with E-state index in [-0.39, 0.29) is 23.5 Å². The zero-order valence-corrected chi connectivity index (χ0v) is 12.3. The van der Waals surface area contributed by atoms with Crippen LogP contribution in [0.15, 0.2) is 30.3 Å². The third-order valence-electron chi connectivity index (χ3n) is 3.64. The second-order valence-electron chi connectivity index (χ2n) is 5.50. The van der Waals surface area contributed by atoms with Crippen molar-refractivity contribution < 1.29 is 13.2 Å². The Morgan fingerprint density at radius 3 is 2.60 bits per heavy atom. The highest BCUT2D eigenvalue weighted by molar-refractivity contribution is 7.91. The zero-order valence-electron chi connectivity index (χ0n) is 11.5. The molecule has 2 unspecified atom stereocenters. The van der Waals surface area contributed by atoms with Crippen LogP contribution in [-0.2, 0) is 20.2 Å². The van der Waals surface area contributed by atoms with E-state index < -0.39 is 15.4 Å². The van der Waals surface area contributed by atoms with Crippen LogP contribution in [0.1, 0.15) is 25.3 Å². The molecule has 0 radical (unpaired) electrons. The largest absolute Gasteiger partial charge is 0.350 e. The molecule has 3 N–H and O–H groups in total. The number of hydrogen-bond donors (Lipinski definition) is 2. The van der Waals surface area contributed by atoms with Gasteiger partial charge in [-0.1, -0.05) is 30.3 Å². The van der Waals surface area contributed by atoms with E-state index in [4.69, 9.17) is 5.73 Å². The molecular weight excluding hydrogens is 276 g/mol. The highest BCUT2D eigenvalue weighted by Crippen LogP contribution is 2.19. The molecule has 5 nitrogen and oxygen atoms in total. The molecule has 1 saturated heterocycles. The number of nitrogens with two attached hydrogens (primary N) is 1. The van der Waals surface area contributed by atoms with Crippen molar-refractivity contribution >= 4 is 15.7 Å². The predicted molar refractivity (Wildman–Crippen MR) is 77.8 cm³/mol. The molecule has 0 bridgehead atoms. The molecule has 1 heterocycles. The first-order chi connectivity index (χ1) is 9.31. The Labute approximate surface area is 119 Å². The SMILES string of the molecule is CC(N)(C(=O)NC1CCCS(=O)(=O)C1)c1ccccc1. The second kappa shape index (κ2) is 5.54. The van der Waals surface area contributed by atoms with Crippen LogP contribution in [0.25, 0.3) is 0 Å². The van der Waals surface area contributed by atoms with Gasteiger partial charge in [0.15, 0.2) is 9.84 Å². The van der Waals surface area contributed by atoms with E-state index in [1.807, 2.05) is 18.2 Å². The van der Waals surface area contributed by atoms with Gasteiger partial charge in [-0.15, -0.1) is 0 Å². The summed E-state index contributed by atoms with van der Waals surface area (Å²) in [5.41, 5.74) is 5.65. The standard InChI is InChI=1S/C14H20N2O3S/c1-14(15,11-6-3-2-4-7-11)13(17)16-12-8-5-9-20(18,19)10-12/h2-4,6-7,12H,5,8-10,15H2,1H3,(H,16,17). The molecule has 1 fully saturated rings. The van der Waals surface area contributed by atoms with Gasteiger partial charge in [0.1, 0.15) is 5.54 Å². The molecule has 1 amide bonds. The Morgan fingerprint density at radius 1 is 1.35 bits per heavy atom. The van der Waals surface area contributed by atoms with Crippen LogP contribution in [0, 0.1) is 0 Å². The van der Waals surface area contributed by atoms with E-state index in [1.54, 1.807) is 19.1 Å².